The molecule has 1 amide bonds. The SMILES string of the molecule is COc1ccc(S(=O)(=O)NCCN2CCN(C(=O)OC(C)(C)C)CC2)cc1Br. The highest BCUT2D eigenvalue weighted by atomic mass is 79.9. The summed E-state index contributed by atoms with van der Waals surface area (Å²) in [7, 11) is -2.08. The van der Waals surface area contributed by atoms with Crippen LogP contribution in [0.3, 0.4) is 0 Å². The summed E-state index contributed by atoms with van der Waals surface area (Å²) in [5, 5.41) is 0. The Kier molecular flexibility index (Phi) is 7.72. The quantitative estimate of drug-likeness (QED) is 0.675. The van der Waals surface area contributed by atoms with Crippen LogP contribution in [0.2, 0.25) is 0 Å². The molecule has 0 atom stereocenters. The van der Waals surface area contributed by atoms with Gasteiger partial charge in [0.25, 0.3) is 0 Å². The Labute approximate surface area is 175 Å². The van der Waals surface area contributed by atoms with Gasteiger partial charge in [-0.2, -0.15) is 0 Å². The van der Waals surface area contributed by atoms with Crippen LogP contribution in [0.15, 0.2) is 27.6 Å². The summed E-state index contributed by atoms with van der Waals surface area (Å²) in [6, 6.07) is 4.63. The molecule has 0 unspecified atom stereocenters. The summed E-state index contributed by atoms with van der Waals surface area (Å²) in [5.74, 6) is 0.571. The number of nitrogens with one attached hydrogen (secondary N) is 1. The van der Waals surface area contributed by atoms with Crippen molar-refractivity contribution in [2.24, 2.45) is 0 Å². The van der Waals surface area contributed by atoms with E-state index in [1.165, 1.54) is 19.2 Å². The zero-order valence-corrected chi connectivity index (χ0v) is 19.1. The van der Waals surface area contributed by atoms with Gasteiger partial charge in [0, 0.05) is 39.3 Å². The minimum Gasteiger partial charge on any atom is -0.496 e. The molecule has 0 bridgehead atoms. The Morgan fingerprint density at radius 2 is 1.86 bits per heavy atom. The van der Waals surface area contributed by atoms with Crippen molar-refractivity contribution < 1.29 is 22.7 Å². The fraction of sp³-hybridized carbons (Fsp3) is 0.611. The Morgan fingerprint density at radius 1 is 1.21 bits per heavy atom. The van der Waals surface area contributed by atoms with Crippen molar-refractivity contribution in [1.82, 2.24) is 14.5 Å². The Bertz CT molecular complexity index is 787. The predicted molar refractivity (Wildman–Crippen MR) is 110 cm³/mol. The van der Waals surface area contributed by atoms with Crippen LogP contribution in [0.25, 0.3) is 0 Å². The molecule has 1 saturated heterocycles. The Hall–Kier alpha value is -1.36. The summed E-state index contributed by atoms with van der Waals surface area (Å²) in [5.41, 5.74) is -0.511. The second kappa shape index (κ2) is 9.43. The molecular weight excluding hydrogens is 450 g/mol. The van der Waals surface area contributed by atoms with Gasteiger partial charge in [-0.3, -0.25) is 4.90 Å². The number of amides is 1. The summed E-state index contributed by atoms with van der Waals surface area (Å²) < 4.78 is 38.6. The number of sulfonamides is 1. The molecule has 28 heavy (non-hydrogen) atoms. The smallest absolute Gasteiger partial charge is 0.410 e. The lowest BCUT2D eigenvalue weighted by molar-refractivity contribution is 0.0147. The molecule has 1 aromatic rings. The van der Waals surface area contributed by atoms with Gasteiger partial charge in [0.1, 0.15) is 11.4 Å². The third kappa shape index (κ3) is 6.61. The molecule has 0 aromatic heterocycles. The van der Waals surface area contributed by atoms with Crippen molar-refractivity contribution in [3.63, 3.8) is 0 Å². The molecule has 0 radical (unpaired) electrons. The average Bonchev–Trinajstić information content (AvgIpc) is 2.60. The number of carbonyl (C=O) groups excluding carboxylic acids is 1. The van der Waals surface area contributed by atoms with Crippen LogP contribution in [0.5, 0.6) is 5.75 Å². The number of hydrogen-bond acceptors (Lipinski definition) is 6. The number of carbonyl (C=O) groups is 1. The first-order chi connectivity index (χ1) is 13.0. The van der Waals surface area contributed by atoms with Crippen LogP contribution >= 0.6 is 15.9 Å². The number of piperazine rings is 1. The Balaban J connectivity index is 1.79. The molecule has 1 fully saturated rings. The number of hydrogen-bond donors (Lipinski definition) is 1. The standard InChI is InChI=1S/C18H28BrN3O5S/c1-18(2,3)27-17(23)22-11-9-21(10-12-22)8-7-20-28(24,25)14-5-6-16(26-4)15(19)13-14/h5-6,13,20H,7-12H2,1-4H3. The van der Waals surface area contributed by atoms with Crippen molar-refractivity contribution in [1.29, 1.82) is 0 Å². The maximum absolute atomic E-state index is 12.4. The first-order valence-corrected chi connectivity index (χ1v) is 11.3. The van der Waals surface area contributed by atoms with Gasteiger partial charge < -0.3 is 14.4 Å². The van der Waals surface area contributed by atoms with E-state index in [4.69, 9.17) is 9.47 Å². The molecule has 1 heterocycles. The highest BCUT2D eigenvalue weighted by Gasteiger charge is 2.26. The van der Waals surface area contributed by atoms with Gasteiger partial charge in [0.05, 0.1) is 16.5 Å². The monoisotopic (exact) mass is 477 g/mol. The lowest BCUT2D eigenvalue weighted by atomic mass is 10.2. The minimum absolute atomic E-state index is 0.176. The number of rotatable bonds is 6. The predicted octanol–water partition coefficient (Wildman–Crippen LogP) is 2.29. The molecular formula is C18H28BrN3O5S. The van der Waals surface area contributed by atoms with E-state index in [2.05, 4.69) is 25.6 Å². The van der Waals surface area contributed by atoms with Crippen LogP contribution in [0.1, 0.15) is 20.8 Å². The summed E-state index contributed by atoms with van der Waals surface area (Å²) in [4.78, 5) is 16.1. The molecule has 1 aliphatic rings. The number of ether oxygens (including phenoxy) is 2. The molecule has 158 valence electrons. The topological polar surface area (TPSA) is 88.2 Å². The number of benzene rings is 1. The second-order valence-electron chi connectivity index (χ2n) is 7.50. The molecule has 8 nitrogen and oxygen atoms in total. The lowest BCUT2D eigenvalue weighted by Crippen LogP contribution is -2.51. The van der Waals surface area contributed by atoms with Gasteiger partial charge in [-0.1, -0.05) is 0 Å². The molecule has 2 rings (SSSR count). The number of methoxy groups -OCH3 is 1. The van der Waals surface area contributed by atoms with Crippen LogP contribution in [0, 0.1) is 0 Å². The van der Waals surface area contributed by atoms with E-state index < -0.39 is 15.6 Å². The van der Waals surface area contributed by atoms with E-state index in [0.717, 1.165) is 0 Å². The van der Waals surface area contributed by atoms with Crippen LogP contribution < -0.4 is 9.46 Å². The van der Waals surface area contributed by atoms with E-state index in [0.29, 0.717) is 49.5 Å². The zero-order valence-electron chi connectivity index (χ0n) is 16.7. The summed E-state index contributed by atoms with van der Waals surface area (Å²) in [6.45, 7) is 8.86. The molecule has 1 N–H and O–H groups in total. The van der Waals surface area contributed by atoms with Crippen molar-refractivity contribution in [2.45, 2.75) is 31.3 Å². The van der Waals surface area contributed by atoms with E-state index in [1.807, 2.05) is 20.8 Å². The van der Waals surface area contributed by atoms with E-state index in [9.17, 15) is 13.2 Å². The highest BCUT2D eigenvalue weighted by molar-refractivity contribution is 9.10. The minimum atomic E-state index is -3.60. The summed E-state index contributed by atoms with van der Waals surface area (Å²) in [6.07, 6.45) is -0.307. The summed E-state index contributed by atoms with van der Waals surface area (Å²) >= 11 is 3.30. The molecule has 10 heteroatoms. The van der Waals surface area contributed by atoms with Gasteiger partial charge in [0.2, 0.25) is 10.0 Å². The fourth-order valence-electron chi connectivity index (χ4n) is 2.72. The van der Waals surface area contributed by atoms with Crippen LogP contribution in [-0.2, 0) is 14.8 Å². The average molecular weight is 478 g/mol. The number of nitrogens with zero attached hydrogens (tertiary/aromatic N) is 2. The van der Waals surface area contributed by atoms with Crippen LogP contribution in [-0.4, -0.2) is 76.3 Å². The van der Waals surface area contributed by atoms with Crippen LogP contribution in [0.4, 0.5) is 4.79 Å². The van der Waals surface area contributed by atoms with Crippen molar-refractivity contribution in [3.05, 3.63) is 22.7 Å². The number of halogens is 1. The zero-order chi connectivity index (χ0) is 20.9. The normalized spacial score (nSPS) is 16.1. The molecule has 1 aliphatic heterocycles. The van der Waals surface area contributed by atoms with Crippen molar-refractivity contribution >= 4 is 32.0 Å². The van der Waals surface area contributed by atoms with Gasteiger partial charge in [0.15, 0.2) is 0 Å². The van der Waals surface area contributed by atoms with Gasteiger partial charge in [-0.15, -0.1) is 0 Å². The molecule has 0 saturated carbocycles. The first kappa shape index (κ1) is 22.9. The first-order valence-electron chi connectivity index (χ1n) is 9.05. The van der Waals surface area contributed by atoms with Gasteiger partial charge >= 0.3 is 6.09 Å². The Morgan fingerprint density at radius 3 is 2.39 bits per heavy atom. The highest BCUT2D eigenvalue weighted by Crippen LogP contribution is 2.27. The van der Waals surface area contributed by atoms with E-state index in [1.54, 1.807) is 11.0 Å². The fourth-order valence-corrected chi connectivity index (χ4v) is 4.46. The van der Waals surface area contributed by atoms with Crippen molar-refractivity contribution in [2.75, 3.05) is 46.4 Å². The third-order valence-corrected chi connectivity index (χ3v) is 6.26. The van der Waals surface area contributed by atoms with Crippen molar-refractivity contribution in [3.8, 4) is 5.75 Å². The largest absolute Gasteiger partial charge is 0.496 e. The second-order valence-corrected chi connectivity index (χ2v) is 10.1. The third-order valence-electron chi connectivity index (χ3n) is 4.18. The molecule has 0 aliphatic carbocycles. The van der Waals surface area contributed by atoms with Gasteiger partial charge in [-0.05, 0) is 54.9 Å². The van der Waals surface area contributed by atoms with E-state index >= 15 is 0 Å². The molecule has 1 aromatic carbocycles. The lowest BCUT2D eigenvalue weighted by Gasteiger charge is -2.35. The van der Waals surface area contributed by atoms with Gasteiger partial charge in [-0.25, -0.2) is 17.9 Å². The molecule has 0 spiro atoms. The van der Waals surface area contributed by atoms with E-state index in [-0.39, 0.29) is 11.0 Å². The maximum atomic E-state index is 12.4. The maximum Gasteiger partial charge on any atom is 0.410 e.